The Morgan fingerprint density at radius 3 is 1.93 bits per heavy atom. The van der Waals surface area contributed by atoms with Gasteiger partial charge in [0.1, 0.15) is 18.1 Å². The zero-order valence-electron chi connectivity index (χ0n) is 23.3. The van der Waals surface area contributed by atoms with Crippen LogP contribution in [0.2, 0.25) is 0 Å². The Labute approximate surface area is 250 Å². The number of ketones is 1. The molecule has 0 spiro atoms. The molecule has 218 valence electrons. The molecule has 0 bridgehead atoms. The second kappa shape index (κ2) is 12.3. The van der Waals surface area contributed by atoms with Crippen LogP contribution >= 0.6 is 11.6 Å². The number of benzene rings is 4. The molecule has 0 heterocycles. The van der Waals surface area contributed by atoms with E-state index in [0.29, 0.717) is 23.7 Å². The molecule has 42 heavy (non-hydrogen) atoms. The SMILES string of the molecule is CC(C)(C)C(=O)C(Cl)(Oc1ccc(S(=O)(=O)c2ccc(OCc3ccccc3)cc2)cc1)C(=O)Nc1cccc(N)c1. The molecule has 0 aliphatic rings. The van der Waals surface area contributed by atoms with E-state index in [2.05, 4.69) is 5.32 Å². The van der Waals surface area contributed by atoms with Crippen molar-refractivity contribution in [3.05, 3.63) is 109 Å². The summed E-state index contributed by atoms with van der Waals surface area (Å²) in [5.41, 5.74) is 6.47. The Morgan fingerprint density at radius 2 is 1.38 bits per heavy atom. The second-order valence-corrected chi connectivity index (χ2v) is 13.1. The van der Waals surface area contributed by atoms with E-state index in [1.54, 1.807) is 51.1 Å². The highest BCUT2D eigenvalue weighted by molar-refractivity contribution is 7.91. The Balaban J connectivity index is 1.52. The largest absolute Gasteiger partial charge is 0.489 e. The van der Waals surface area contributed by atoms with Crippen LogP contribution in [0.3, 0.4) is 0 Å². The summed E-state index contributed by atoms with van der Waals surface area (Å²) < 4.78 is 38.0. The lowest BCUT2D eigenvalue weighted by Crippen LogP contribution is -2.54. The maximum Gasteiger partial charge on any atom is 0.320 e. The van der Waals surface area contributed by atoms with E-state index < -0.39 is 32.0 Å². The van der Waals surface area contributed by atoms with Crippen LogP contribution in [0.1, 0.15) is 26.3 Å². The lowest BCUT2D eigenvalue weighted by atomic mass is 9.86. The van der Waals surface area contributed by atoms with E-state index in [9.17, 15) is 18.0 Å². The first-order chi connectivity index (χ1) is 19.8. The molecule has 1 amide bonds. The summed E-state index contributed by atoms with van der Waals surface area (Å²) in [4.78, 5) is 26.6. The number of alkyl halides is 1. The third kappa shape index (κ3) is 7.10. The smallest absolute Gasteiger partial charge is 0.320 e. The van der Waals surface area contributed by atoms with E-state index in [1.165, 1.54) is 42.5 Å². The Kier molecular flexibility index (Phi) is 8.94. The van der Waals surface area contributed by atoms with Crippen LogP contribution in [-0.2, 0) is 26.0 Å². The highest BCUT2D eigenvalue weighted by atomic mass is 35.5. The molecule has 0 radical (unpaired) electrons. The minimum absolute atomic E-state index is 0.0145. The number of carbonyl (C=O) groups is 2. The van der Waals surface area contributed by atoms with Crippen molar-refractivity contribution in [2.24, 2.45) is 5.41 Å². The number of nitrogens with two attached hydrogens (primary N) is 1. The topological polar surface area (TPSA) is 125 Å². The second-order valence-electron chi connectivity index (χ2n) is 10.6. The number of nitrogen functional groups attached to an aromatic ring is 1. The van der Waals surface area contributed by atoms with E-state index in [0.717, 1.165) is 5.56 Å². The molecule has 0 saturated heterocycles. The lowest BCUT2D eigenvalue weighted by molar-refractivity contribution is -0.144. The number of rotatable bonds is 10. The number of hydrogen-bond donors (Lipinski definition) is 2. The zero-order chi connectivity index (χ0) is 30.5. The van der Waals surface area contributed by atoms with Gasteiger partial charge in [0.2, 0.25) is 15.6 Å². The molecule has 0 fully saturated rings. The molecule has 4 aromatic rings. The normalized spacial score (nSPS) is 13.0. The van der Waals surface area contributed by atoms with Crippen molar-refractivity contribution in [1.82, 2.24) is 0 Å². The van der Waals surface area contributed by atoms with Crippen LogP contribution in [0.25, 0.3) is 0 Å². The number of carbonyl (C=O) groups excluding carboxylic acids is 2. The minimum Gasteiger partial charge on any atom is -0.489 e. The van der Waals surface area contributed by atoms with Crippen molar-refractivity contribution in [3.63, 3.8) is 0 Å². The van der Waals surface area contributed by atoms with Gasteiger partial charge in [-0.3, -0.25) is 9.59 Å². The van der Waals surface area contributed by atoms with E-state index >= 15 is 0 Å². The highest BCUT2D eigenvalue weighted by Gasteiger charge is 2.51. The van der Waals surface area contributed by atoms with Crippen LogP contribution in [0.15, 0.2) is 113 Å². The first-order valence-electron chi connectivity index (χ1n) is 13.0. The van der Waals surface area contributed by atoms with Crippen LogP contribution in [0, 0.1) is 5.41 Å². The molecule has 4 aromatic carbocycles. The molecule has 1 atom stereocenters. The van der Waals surface area contributed by atoms with Crippen molar-refractivity contribution in [2.45, 2.75) is 42.2 Å². The highest BCUT2D eigenvalue weighted by Crippen LogP contribution is 2.34. The molecular formula is C32H31ClN2O6S. The molecular weight excluding hydrogens is 576 g/mol. The van der Waals surface area contributed by atoms with Gasteiger partial charge in [0.25, 0.3) is 5.91 Å². The molecule has 1 unspecified atom stereocenters. The first-order valence-corrected chi connectivity index (χ1v) is 14.9. The van der Waals surface area contributed by atoms with Crippen LogP contribution in [0.4, 0.5) is 11.4 Å². The van der Waals surface area contributed by atoms with Crippen LogP contribution in [0.5, 0.6) is 11.5 Å². The maximum atomic E-state index is 13.3. The van der Waals surface area contributed by atoms with Gasteiger partial charge in [-0.05, 0) is 72.3 Å². The van der Waals surface area contributed by atoms with Crippen molar-refractivity contribution in [1.29, 1.82) is 0 Å². The lowest BCUT2D eigenvalue weighted by Gasteiger charge is -2.31. The molecule has 0 saturated carbocycles. The average Bonchev–Trinajstić information content (AvgIpc) is 2.96. The molecule has 10 heteroatoms. The van der Waals surface area contributed by atoms with Gasteiger partial charge in [-0.2, -0.15) is 0 Å². The third-order valence-electron chi connectivity index (χ3n) is 6.18. The van der Waals surface area contributed by atoms with Crippen molar-refractivity contribution >= 4 is 44.5 Å². The molecule has 4 rings (SSSR count). The van der Waals surface area contributed by atoms with Crippen molar-refractivity contribution in [3.8, 4) is 11.5 Å². The van der Waals surface area contributed by atoms with Crippen LogP contribution in [-0.4, -0.2) is 25.2 Å². The van der Waals surface area contributed by atoms with E-state index in [1.807, 2.05) is 30.3 Å². The molecule has 0 aliphatic heterocycles. The monoisotopic (exact) mass is 606 g/mol. The third-order valence-corrected chi connectivity index (χ3v) is 8.39. The summed E-state index contributed by atoms with van der Waals surface area (Å²) >= 11 is 6.61. The number of anilines is 2. The number of nitrogens with one attached hydrogen (secondary N) is 1. The first kappa shape index (κ1) is 30.6. The molecule has 0 aliphatic carbocycles. The van der Waals surface area contributed by atoms with Crippen molar-refractivity contribution in [2.75, 3.05) is 11.1 Å². The van der Waals surface area contributed by atoms with Gasteiger partial charge in [-0.15, -0.1) is 0 Å². The van der Waals surface area contributed by atoms with Gasteiger partial charge in [0.15, 0.2) is 0 Å². The number of sulfone groups is 1. The summed E-state index contributed by atoms with van der Waals surface area (Å²) in [5, 5.41) is 0.128. The fourth-order valence-corrected chi connectivity index (χ4v) is 5.63. The van der Waals surface area contributed by atoms with Crippen molar-refractivity contribution < 1.29 is 27.5 Å². The minimum atomic E-state index is -3.89. The number of Topliss-reactive ketones (excluding diaryl/α,β-unsaturated/α-hetero) is 1. The van der Waals surface area contributed by atoms with Gasteiger partial charge in [0.05, 0.1) is 9.79 Å². The summed E-state index contributed by atoms with van der Waals surface area (Å²) in [7, 11) is -3.89. The predicted molar refractivity (Wildman–Crippen MR) is 162 cm³/mol. The van der Waals surface area contributed by atoms with Gasteiger partial charge < -0.3 is 20.5 Å². The number of halogens is 1. The zero-order valence-corrected chi connectivity index (χ0v) is 24.9. The number of amides is 1. The van der Waals surface area contributed by atoms with E-state index in [-0.39, 0.29) is 15.5 Å². The Hall–Kier alpha value is -4.34. The summed E-state index contributed by atoms with van der Waals surface area (Å²) in [5.74, 6) is -1.06. The molecule has 0 aromatic heterocycles. The fraction of sp³-hybridized carbons (Fsp3) is 0.188. The van der Waals surface area contributed by atoms with Crippen LogP contribution < -0.4 is 20.5 Å². The Morgan fingerprint density at radius 1 is 0.810 bits per heavy atom. The fourth-order valence-electron chi connectivity index (χ4n) is 3.95. The molecule has 8 nitrogen and oxygen atoms in total. The van der Waals surface area contributed by atoms with E-state index in [4.69, 9.17) is 26.8 Å². The van der Waals surface area contributed by atoms with Gasteiger partial charge >= 0.3 is 5.06 Å². The molecule has 3 N–H and O–H groups in total. The van der Waals surface area contributed by atoms with Gasteiger partial charge in [0, 0.05) is 16.8 Å². The number of ether oxygens (including phenoxy) is 2. The summed E-state index contributed by atoms with van der Waals surface area (Å²) in [6.07, 6.45) is 0. The average molecular weight is 607 g/mol. The Bertz CT molecular complexity index is 1670. The van der Waals surface area contributed by atoms with Gasteiger partial charge in [-0.25, -0.2) is 8.42 Å². The standard InChI is InChI=1S/C32H31ClN2O6S/c1-31(2,3)29(36)32(33,30(37)35-24-11-7-10-23(34)20-24)41-26-14-18-28(19-15-26)42(38,39)27-16-12-25(13-17-27)40-21-22-8-5-4-6-9-22/h4-20H,21,34H2,1-3H3,(H,35,37). The maximum absolute atomic E-state index is 13.3. The number of hydrogen-bond acceptors (Lipinski definition) is 7. The summed E-state index contributed by atoms with van der Waals surface area (Å²) in [6.45, 7) is 5.18. The quantitative estimate of drug-likeness (QED) is 0.124. The summed E-state index contributed by atoms with van der Waals surface area (Å²) in [6, 6.07) is 27.4. The predicted octanol–water partition coefficient (Wildman–Crippen LogP) is 6.25. The van der Waals surface area contributed by atoms with Gasteiger partial charge in [-0.1, -0.05) is 68.8 Å².